The van der Waals surface area contributed by atoms with Crippen LogP contribution in [0.25, 0.3) is 11.2 Å². The van der Waals surface area contributed by atoms with E-state index >= 15 is 0 Å². The van der Waals surface area contributed by atoms with Crippen LogP contribution in [0.3, 0.4) is 0 Å². The second-order valence-electron chi connectivity index (χ2n) is 9.94. The van der Waals surface area contributed by atoms with Crippen LogP contribution < -0.4 is 10.6 Å². The molecule has 0 unspecified atom stereocenters. The molecule has 2 fully saturated rings. The van der Waals surface area contributed by atoms with Gasteiger partial charge in [-0.2, -0.15) is 4.98 Å². The van der Waals surface area contributed by atoms with E-state index in [1.54, 1.807) is 10.8 Å². The zero-order chi connectivity index (χ0) is 24.7. The van der Waals surface area contributed by atoms with Crippen LogP contribution in [-0.4, -0.2) is 49.5 Å². The topological polar surface area (TPSA) is 97.1 Å². The number of rotatable bonds is 6. The van der Waals surface area contributed by atoms with Crippen LogP contribution in [0.2, 0.25) is 0 Å². The average Bonchev–Trinajstić information content (AvgIpc) is 3.43. The highest BCUT2D eigenvalue weighted by atomic mass is 19.1. The summed E-state index contributed by atoms with van der Waals surface area (Å²) in [5.41, 5.74) is -0.215. The molecule has 11 heteroatoms. The second-order valence-corrected chi connectivity index (χ2v) is 9.94. The molecule has 0 spiro atoms. The zero-order valence-corrected chi connectivity index (χ0v) is 19.7. The smallest absolute Gasteiger partial charge is 0.224 e. The molecular weight excluding hydrogens is 473 g/mol. The lowest BCUT2D eigenvalue weighted by Gasteiger charge is -2.36. The van der Waals surface area contributed by atoms with Crippen LogP contribution in [0.15, 0.2) is 18.3 Å². The van der Waals surface area contributed by atoms with Crippen LogP contribution in [0.1, 0.15) is 59.4 Å². The number of anilines is 3. The predicted molar refractivity (Wildman–Crippen MR) is 132 cm³/mol. The first-order chi connectivity index (χ1) is 16.7. The molecule has 3 heterocycles. The number of hydrogen-bond donors (Lipinski definition) is 3. The third-order valence-electron chi connectivity index (χ3n) is 7.01. The van der Waals surface area contributed by atoms with Gasteiger partial charge >= 0.3 is 0 Å². The molecular formula is C25H33F3N6O2. The molecule has 1 aliphatic carbocycles. The molecule has 1 aliphatic heterocycles. The minimum absolute atomic E-state index is 0. The summed E-state index contributed by atoms with van der Waals surface area (Å²) in [6.45, 7) is 4.66. The fraction of sp³-hybridized carbons (Fsp3) is 0.560. The average molecular weight is 507 g/mol. The fourth-order valence-corrected chi connectivity index (χ4v) is 5.02. The highest BCUT2D eigenvalue weighted by molar-refractivity contribution is 5.76. The van der Waals surface area contributed by atoms with Crippen LogP contribution in [0.4, 0.5) is 30.8 Å². The maximum atomic E-state index is 14.3. The second kappa shape index (κ2) is 10.2. The van der Waals surface area contributed by atoms with E-state index in [-0.39, 0.29) is 31.4 Å². The highest BCUT2D eigenvalue weighted by Crippen LogP contribution is 2.35. The summed E-state index contributed by atoms with van der Waals surface area (Å²) < 4.78 is 49.3. The molecule has 5 rings (SSSR count). The number of fused-ring (bicyclic) bond motifs is 1. The molecule has 0 amide bonds. The van der Waals surface area contributed by atoms with E-state index in [0.29, 0.717) is 48.9 Å². The normalized spacial score (nSPS) is 22.4. The minimum Gasteiger partial charge on any atom is -0.390 e. The first-order valence-electron chi connectivity index (χ1n) is 11.9. The summed E-state index contributed by atoms with van der Waals surface area (Å²) in [6, 6.07) is 1.27. The van der Waals surface area contributed by atoms with Gasteiger partial charge in [-0.3, -0.25) is 4.57 Å². The van der Waals surface area contributed by atoms with Crippen molar-refractivity contribution in [3.05, 3.63) is 35.8 Å². The summed E-state index contributed by atoms with van der Waals surface area (Å²) in [6.07, 6.45) is 5.85. The number of aliphatic hydroxyl groups is 1. The molecule has 36 heavy (non-hydrogen) atoms. The van der Waals surface area contributed by atoms with Gasteiger partial charge in [-0.05, 0) is 51.9 Å². The van der Waals surface area contributed by atoms with Gasteiger partial charge in [0.1, 0.15) is 17.0 Å². The molecule has 8 nitrogen and oxygen atoms in total. The van der Waals surface area contributed by atoms with Crippen molar-refractivity contribution in [1.29, 1.82) is 0 Å². The van der Waals surface area contributed by atoms with E-state index < -0.39 is 28.7 Å². The number of benzene rings is 1. The lowest BCUT2D eigenvalue weighted by Crippen LogP contribution is -2.37. The van der Waals surface area contributed by atoms with Crippen LogP contribution in [0.5, 0.6) is 0 Å². The third kappa shape index (κ3) is 5.27. The standard InChI is InChI=1S/C24H29F3N6O2.CH4/c1-24(2,34)13-3-5-15(6-4-13)29-22-28-11-19-21(32-22)33(16-7-8-35-12-16)23(30-19)31-20-17(26)9-14(25)10-18(20)27;/h9-11,13,15-16,34H,3-8,12H2,1-2H3,(H,30,31)(H,28,29,32);1H4/t13?,15?,16-;/m0./s1. The molecule has 2 aliphatic rings. The number of aromatic nitrogens is 4. The maximum Gasteiger partial charge on any atom is 0.224 e. The van der Waals surface area contributed by atoms with Gasteiger partial charge in [0.15, 0.2) is 17.3 Å². The molecule has 2 aromatic heterocycles. The molecule has 1 aromatic carbocycles. The number of nitrogens with zero attached hydrogens (tertiary/aromatic N) is 4. The summed E-state index contributed by atoms with van der Waals surface area (Å²) in [5.74, 6) is -2.24. The van der Waals surface area contributed by atoms with Crippen molar-refractivity contribution in [3.63, 3.8) is 0 Å². The third-order valence-corrected chi connectivity index (χ3v) is 7.01. The zero-order valence-electron chi connectivity index (χ0n) is 19.7. The van der Waals surface area contributed by atoms with E-state index in [1.807, 2.05) is 13.8 Å². The van der Waals surface area contributed by atoms with Crippen LogP contribution >= 0.6 is 0 Å². The number of ether oxygens (including phenoxy) is 1. The Morgan fingerprint density at radius 2 is 1.75 bits per heavy atom. The number of halogens is 3. The Bertz CT molecular complexity index is 1190. The molecule has 1 saturated heterocycles. The minimum atomic E-state index is -1.06. The van der Waals surface area contributed by atoms with Gasteiger partial charge in [-0.15, -0.1) is 0 Å². The first-order valence-corrected chi connectivity index (χ1v) is 11.9. The van der Waals surface area contributed by atoms with Gasteiger partial charge in [-0.1, -0.05) is 7.43 Å². The summed E-state index contributed by atoms with van der Waals surface area (Å²) in [4.78, 5) is 13.6. The molecule has 3 aromatic rings. The monoisotopic (exact) mass is 506 g/mol. The van der Waals surface area contributed by atoms with E-state index in [4.69, 9.17) is 4.74 Å². The molecule has 196 valence electrons. The largest absolute Gasteiger partial charge is 0.390 e. The van der Waals surface area contributed by atoms with Crippen molar-refractivity contribution in [2.24, 2.45) is 5.92 Å². The number of hydrogen-bond acceptors (Lipinski definition) is 7. The van der Waals surface area contributed by atoms with E-state index in [2.05, 4.69) is 25.6 Å². The van der Waals surface area contributed by atoms with Gasteiger partial charge in [-0.25, -0.2) is 23.1 Å². The Kier molecular flexibility index (Phi) is 7.42. The van der Waals surface area contributed by atoms with Crippen molar-refractivity contribution >= 4 is 28.7 Å². The molecule has 0 radical (unpaired) electrons. The highest BCUT2D eigenvalue weighted by Gasteiger charge is 2.32. The Labute approximate surface area is 208 Å². The number of nitrogens with one attached hydrogen (secondary N) is 2. The van der Waals surface area contributed by atoms with E-state index in [0.717, 1.165) is 25.7 Å². The van der Waals surface area contributed by atoms with Gasteiger partial charge in [0.25, 0.3) is 0 Å². The predicted octanol–water partition coefficient (Wildman–Crippen LogP) is 5.33. The van der Waals surface area contributed by atoms with E-state index in [1.165, 1.54) is 0 Å². The van der Waals surface area contributed by atoms with E-state index in [9.17, 15) is 18.3 Å². The molecule has 3 N–H and O–H groups in total. The fourth-order valence-electron chi connectivity index (χ4n) is 5.02. The maximum absolute atomic E-state index is 14.3. The lowest BCUT2D eigenvalue weighted by atomic mass is 9.77. The van der Waals surface area contributed by atoms with Crippen LogP contribution in [-0.2, 0) is 4.74 Å². The van der Waals surface area contributed by atoms with Crippen molar-refractivity contribution in [2.45, 2.75) is 71.1 Å². The number of imidazole rings is 1. The van der Waals surface area contributed by atoms with Crippen molar-refractivity contribution in [3.8, 4) is 0 Å². The lowest BCUT2D eigenvalue weighted by molar-refractivity contribution is -0.000415. The Hall–Kier alpha value is -2.92. The summed E-state index contributed by atoms with van der Waals surface area (Å²) in [7, 11) is 0. The van der Waals surface area contributed by atoms with Gasteiger partial charge < -0.3 is 20.5 Å². The summed E-state index contributed by atoms with van der Waals surface area (Å²) >= 11 is 0. The van der Waals surface area contributed by atoms with Crippen molar-refractivity contribution in [1.82, 2.24) is 19.5 Å². The van der Waals surface area contributed by atoms with Crippen molar-refractivity contribution < 1.29 is 23.0 Å². The van der Waals surface area contributed by atoms with Gasteiger partial charge in [0.2, 0.25) is 11.9 Å². The Balaban J connectivity index is 0.00000304. The molecule has 0 bridgehead atoms. The van der Waals surface area contributed by atoms with Crippen molar-refractivity contribution in [2.75, 3.05) is 23.8 Å². The first kappa shape index (κ1) is 26.2. The van der Waals surface area contributed by atoms with Crippen LogP contribution in [0, 0.1) is 23.4 Å². The quantitative estimate of drug-likeness (QED) is 0.416. The van der Waals surface area contributed by atoms with Gasteiger partial charge in [0, 0.05) is 24.8 Å². The molecule has 1 saturated carbocycles. The summed E-state index contributed by atoms with van der Waals surface area (Å²) in [5, 5.41) is 16.4. The van der Waals surface area contributed by atoms with Gasteiger partial charge in [0.05, 0.1) is 24.4 Å². The Morgan fingerprint density at radius 3 is 2.36 bits per heavy atom. The SMILES string of the molecule is C.CC(C)(O)C1CCC(Nc2ncc3nc(Nc4c(F)cc(F)cc4F)n([C@H]4CCOC4)c3n2)CC1. The molecule has 1 atom stereocenters. The Morgan fingerprint density at radius 1 is 1.06 bits per heavy atom.